The predicted octanol–water partition coefficient (Wildman–Crippen LogP) is 1.15. The molecular formula is C16H22N8O. The number of aliphatic hydroxyl groups is 1. The number of nitrogens with zero attached hydrogens (tertiary/aromatic N) is 5. The molecule has 0 saturated carbocycles. The molecule has 0 fully saturated rings. The number of fused-ring (bicyclic) bond motifs is 1. The van der Waals surface area contributed by atoms with Crippen LogP contribution in [0.2, 0.25) is 0 Å². The summed E-state index contributed by atoms with van der Waals surface area (Å²) < 4.78 is 0. The number of benzene rings is 1. The molecule has 0 atom stereocenters. The second-order valence-corrected chi connectivity index (χ2v) is 5.95. The number of nitrogen functional groups attached to an aromatic ring is 1. The minimum Gasteiger partial charge on any atom is -0.398 e. The van der Waals surface area contributed by atoms with Gasteiger partial charge >= 0.3 is 0 Å². The number of hydrogen-bond acceptors (Lipinski definition) is 8. The van der Waals surface area contributed by atoms with Crippen LogP contribution < -0.4 is 16.0 Å². The molecule has 1 aromatic carbocycles. The zero-order valence-corrected chi connectivity index (χ0v) is 14.3. The fourth-order valence-corrected chi connectivity index (χ4v) is 2.56. The molecule has 0 amide bonds. The van der Waals surface area contributed by atoms with Gasteiger partial charge in [-0.05, 0) is 25.5 Å². The zero-order valence-electron chi connectivity index (χ0n) is 14.3. The van der Waals surface area contributed by atoms with Gasteiger partial charge in [-0.1, -0.05) is 23.4 Å². The fourth-order valence-electron chi connectivity index (χ4n) is 2.56. The van der Waals surface area contributed by atoms with Crippen LogP contribution in [0.5, 0.6) is 0 Å². The first-order valence-corrected chi connectivity index (χ1v) is 8.13. The Balaban J connectivity index is 1.93. The summed E-state index contributed by atoms with van der Waals surface area (Å²) >= 11 is 0. The molecule has 0 aliphatic heterocycles. The Bertz CT molecular complexity index is 847. The van der Waals surface area contributed by atoms with E-state index in [-0.39, 0.29) is 12.6 Å². The van der Waals surface area contributed by atoms with Gasteiger partial charge in [-0.25, -0.2) is 0 Å². The van der Waals surface area contributed by atoms with Crippen LogP contribution in [0, 0.1) is 0 Å². The second-order valence-electron chi connectivity index (χ2n) is 5.95. The first-order valence-electron chi connectivity index (χ1n) is 8.13. The number of aliphatic hydroxyl groups excluding tert-OH is 1. The molecular weight excluding hydrogens is 320 g/mol. The van der Waals surface area contributed by atoms with E-state index in [1.807, 2.05) is 43.0 Å². The molecule has 132 valence electrons. The molecule has 5 N–H and O–H groups in total. The Morgan fingerprint density at radius 1 is 1.28 bits per heavy atom. The van der Waals surface area contributed by atoms with Crippen molar-refractivity contribution in [2.75, 3.05) is 29.1 Å². The first kappa shape index (κ1) is 16.9. The van der Waals surface area contributed by atoms with Gasteiger partial charge in [-0.3, -0.25) is 5.10 Å². The Hall–Kier alpha value is -2.94. The highest BCUT2D eigenvalue weighted by Crippen LogP contribution is 2.22. The van der Waals surface area contributed by atoms with E-state index in [1.54, 1.807) is 0 Å². The minimum absolute atomic E-state index is 0.0156. The highest BCUT2D eigenvalue weighted by molar-refractivity contribution is 5.83. The number of aromatic nitrogens is 5. The summed E-state index contributed by atoms with van der Waals surface area (Å²) in [6.07, 6.45) is 0. The summed E-state index contributed by atoms with van der Waals surface area (Å²) in [5.41, 5.74) is 8.78. The summed E-state index contributed by atoms with van der Waals surface area (Å²) in [4.78, 5) is 11.0. The smallest absolute Gasteiger partial charge is 0.229 e. The summed E-state index contributed by atoms with van der Waals surface area (Å²) in [7, 11) is 0. The van der Waals surface area contributed by atoms with Crippen LogP contribution >= 0.6 is 0 Å². The predicted molar refractivity (Wildman–Crippen MR) is 97.2 cm³/mol. The van der Waals surface area contributed by atoms with Crippen molar-refractivity contribution in [3.8, 4) is 0 Å². The van der Waals surface area contributed by atoms with E-state index in [9.17, 15) is 5.11 Å². The van der Waals surface area contributed by atoms with E-state index < -0.39 is 0 Å². The minimum atomic E-state index is 0.0156. The topological polar surface area (TPSA) is 129 Å². The van der Waals surface area contributed by atoms with Crippen LogP contribution in [-0.4, -0.2) is 49.7 Å². The number of para-hydroxylation sites is 1. The molecule has 3 aromatic rings. The third kappa shape index (κ3) is 3.61. The molecule has 9 nitrogen and oxygen atoms in total. The lowest BCUT2D eigenvalue weighted by molar-refractivity contribution is 0.298. The molecule has 2 aromatic heterocycles. The quantitative estimate of drug-likeness (QED) is 0.471. The molecule has 0 unspecified atom stereocenters. The second kappa shape index (κ2) is 7.31. The Kier molecular flexibility index (Phi) is 4.94. The number of anilines is 3. The SMILES string of the molecule is CC(C)N(CCO)c1nc(NCc2ccccc2N)c2[nH]nnc2n1. The number of nitrogens with two attached hydrogens (primary N) is 1. The number of rotatable bonds is 7. The standard InChI is InChI=1S/C16H22N8O/c1-10(2)24(7-8-25)16-19-14(13-15(20-16)22-23-21-13)18-9-11-5-3-4-6-12(11)17/h3-6,10,25H,7-9,17H2,1-2H3,(H2,18,19,20,21,22,23). The van der Waals surface area contributed by atoms with Crippen molar-refractivity contribution >= 4 is 28.6 Å². The van der Waals surface area contributed by atoms with E-state index in [1.165, 1.54) is 0 Å². The monoisotopic (exact) mass is 342 g/mol. The summed E-state index contributed by atoms with van der Waals surface area (Å²) in [5.74, 6) is 1.09. The third-order valence-corrected chi connectivity index (χ3v) is 3.91. The van der Waals surface area contributed by atoms with E-state index >= 15 is 0 Å². The van der Waals surface area contributed by atoms with Crippen LogP contribution in [0.3, 0.4) is 0 Å². The Labute approximate surface area is 145 Å². The van der Waals surface area contributed by atoms with Gasteiger partial charge in [0.25, 0.3) is 0 Å². The normalized spacial score (nSPS) is 11.2. The van der Waals surface area contributed by atoms with Gasteiger partial charge in [-0.2, -0.15) is 9.97 Å². The van der Waals surface area contributed by atoms with E-state index in [2.05, 4.69) is 30.7 Å². The molecule has 0 aliphatic rings. The van der Waals surface area contributed by atoms with Gasteiger partial charge in [0.2, 0.25) is 11.6 Å². The van der Waals surface area contributed by atoms with Crippen LogP contribution in [-0.2, 0) is 6.54 Å². The lowest BCUT2D eigenvalue weighted by atomic mass is 10.2. The largest absolute Gasteiger partial charge is 0.398 e. The van der Waals surface area contributed by atoms with Gasteiger partial charge in [0.1, 0.15) is 5.52 Å². The zero-order chi connectivity index (χ0) is 17.8. The van der Waals surface area contributed by atoms with Gasteiger partial charge in [-0.15, -0.1) is 5.10 Å². The fraction of sp³-hybridized carbons (Fsp3) is 0.375. The average Bonchev–Trinajstić information content (AvgIpc) is 3.07. The van der Waals surface area contributed by atoms with Crippen LogP contribution in [0.15, 0.2) is 24.3 Å². The number of nitrogens with one attached hydrogen (secondary N) is 2. The highest BCUT2D eigenvalue weighted by Gasteiger charge is 2.18. The van der Waals surface area contributed by atoms with E-state index in [4.69, 9.17) is 5.73 Å². The molecule has 0 radical (unpaired) electrons. The maximum Gasteiger partial charge on any atom is 0.229 e. The van der Waals surface area contributed by atoms with E-state index in [0.717, 1.165) is 5.56 Å². The molecule has 3 rings (SSSR count). The van der Waals surface area contributed by atoms with Crippen molar-refractivity contribution < 1.29 is 5.11 Å². The molecule has 25 heavy (non-hydrogen) atoms. The lowest BCUT2D eigenvalue weighted by Gasteiger charge is -2.26. The summed E-state index contributed by atoms with van der Waals surface area (Å²) in [6, 6.07) is 7.78. The van der Waals surface area contributed by atoms with Gasteiger partial charge < -0.3 is 21.1 Å². The number of H-pyrrole nitrogens is 1. The first-order chi connectivity index (χ1) is 12.1. The van der Waals surface area contributed by atoms with Crippen molar-refractivity contribution in [2.24, 2.45) is 0 Å². The molecule has 0 spiro atoms. The molecule has 0 saturated heterocycles. The maximum absolute atomic E-state index is 9.31. The third-order valence-electron chi connectivity index (χ3n) is 3.91. The lowest BCUT2D eigenvalue weighted by Crippen LogP contribution is -2.35. The summed E-state index contributed by atoms with van der Waals surface area (Å²) in [6.45, 7) is 5.00. The van der Waals surface area contributed by atoms with Crippen LogP contribution in [0.25, 0.3) is 11.2 Å². The van der Waals surface area contributed by atoms with Crippen LogP contribution in [0.4, 0.5) is 17.5 Å². The summed E-state index contributed by atoms with van der Waals surface area (Å²) in [5, 5.41) is 23.2. The number of aromatic amines is 1. The van der Waals surface area contributed by atoms with E-state index in [0.29, 0.717) is 41.7 Å². The Morgan fingerprint density at radius 2 is 2.08 bits per heavy atom. The molecule has 0 aliphatic carbocycles. The van der Waals surface area contributed by atoms with Gasteiger partial charge in [0.05, 0.1) is 6.61 Å². The van der Waals surface area contributed by atoms with Crippen molar-refractivity contribution in [1.82, 2.24) is 25.4 Å². The maximum atomic E-state index is 9.31. The molecule has 2 heterocycles. The molecule has 9 heteroatoms. The van der Waals surface area contributed by atoms with Crippen LogP contribution in [0.1, 0.15) is 19.4 Å². The average molecular weight is 342 g/mol. The molecule has 0 bridgehead atoms. The van der Waals surface area contributed by atoms with Gasteiger partial charge in [0.15, 0.2) is 5.82 Å². The van der Waals surface area contributed by atoms with Crippen molar-refractivity contribution in [3.63, 3.8) is 0 Å². The van der Waals surface area contributed by atoms with Gasteiger partial charge in [0, 0.05) is 24.8 Å². The van der Waals surface area contributed by atoms with Crippen molar-refractivity contribution in [3.05, 3.63) is 29.8 Å². The highest BCUT2D eigenvalue weighted by atomic mass is 16.3. The van der Waals surface area contributed by atoms with Crippen molar-refractivity contribution in [1.29, 1.82) is 0 Å². The number of hydrogen-bond donors (Lipinski definition) is 4. The Morgan fingerprint density at radius 3 is 2.80 bits per heavy atom. The van der Waals surface area contributed by atoms with Crippen molar-refractivity contribution in [2.45, 2.75) is 26.4 Å².